The number of methoxy groups -OCH3 is 1. The number of ether oxygens (including phenoxy) is 1. The largest absolute Gasteiger partial charge is 0.493 e. The Labute approximate surface area is 88.3 Å². The van der Waals surface area contributed by atoms with Gasteiger partial charge in [-0.3, -0.25) is 0 Å². The predicted octanol–water partition coefficient (Wildman–Crippen LogP) is 2.88. The molecule has 0 saturated heterocycles. The maximum absolute atomic E-state index is 9.66. The van der Waals surface area contributed by atoms with Gasteiger partial charge >= 0.3 is 0 Å². The molecule has 0 aliphatic heterocycles. The van der Waals surface area contributed by atoms with Crippen molar-refractivity contribution < 1.29 is 14.3 Å². The van der Waals surface area contributed by atoms with Gasteiger partial charge in [0.25, 0.3) is 0 Å². The van der Waals surface area contributed by atoms with Gasteiger partial charge in [-0.2, -0.15) is 0 Å². The summed E-state index contributed by atoms with van der Waals surface area (Å²) in [6, 6.07) is 7.53. The lowest BCUT2D eigenvalue weighted by atomic mass is 10.2. The summed E-state index contributed by atoms with van der Waals surface area (Å²) < 4.78 is 10.7. The molecule has 1 aromatic heterocycles. The minimum atomic E-state index is -0.540. The Morgan fingerprint density at radius 1 is 1.47 bits per heavy atom. The minimum Gasteiger partial charge on any atom is -0.493 e. The van der Waals surface area contributed by atoms with Crippen LogP contribution in [0.5, 0.6) is 5.75 Å². The van der Waals surface area contributed by atoms with Crippen molar-refractivity contribution in [2.45, 2.75) is 19.4 Å². The number of para-hydroxylation sites is 1. The fourth-order valence-electron chi connectivity index (χ4n) is 1.58. The topological polar surface area (TPSA) is 42.6 Å². The van der Waals surface area contributed by atoms with Crippen LogP contribution >= 0.6 is 0 Å². The number of hydrogen-bond acceptors (Lipinski definition) is 3. The van der Waals surface area contributed by atoms with Crippen LogP contribution in [0.2, 0.25) is 0 Å². The highest BCUT2D eigenvalue weighted by Crippen LogP contribution is 2.31. The Morgan fingerprint density at radius 3 is 2.93 bits per heavy atom. The van der Waals surface area contributed by atoms with E-state index >= 15 is 0 Å². The second-order valence-corrected chi connectivity index (χ2v) is 3.45. The van der Waals surface area contributed by atoms with Gasteiger partial charge in [-0.1, -0.05) is 19.1 Å². The number of aliphatic hydroxyl groups is 1. The Balaban J connectivity index is 2.55. The molecule has 80 valence electrons. The van der Waals surface area contributed by atoms with Crippen LogP contribution in [0.15, 0.2) is 28.7 Å². The molecule has 3 nitrogen and oxygen atoms in total. The normalized spacial score (nSPS) is 13.0. The minimum absolute atomic E-state index is 0.540. The van der Waals surface area contributed by atoms with Crippen LogP contribution in [0.3, 0.4) is 0 Å². The van der Waals surface area contributed by atoms with E-state index in [9.17, 15) is 5.11 Å². The molecule has 1 aromatic carbocycles. The van der Waals surface area contributed by atoms with Gasteiger partial charge in [-0.05, 0) is 18.6 Å². The summed E-state index contributed by atoms with van der Waals surface area (Å²) in [5, 5.41) is 10.6. The van der Waals surface area contributed by atoms with E-state index in [1.165, 1.54) is 0 Å². The van der Waals surface area contributed by atoms with E-state index in [2.05, 4.69) is 0 Å². The molecule has 0 fully saturated rings. The molecule has 1 N–H and O–H groups in total. The molecule has 1 unspecified atom stereocenters. The summed E-state index contributed by atoms with van der Waals surface area (Å²) in [5.41, 5.74) is 0.697. The van der Waals surface area contributed by atoms with Crippen LogP contribution in [0.4, 0.5) is 0 Å². The number of rotatable bonds is 3. The molecule has 0 saturated carbocycles. The third-order valence-electron chi connectivity index (χ3n) is 2.46. The number of furan rings is 1. The second-order valence-electron chi connectivity index (χ2n) is 3.45. The van der Waals surface area contributed by atoms with E-state index < -0.39 is 6.10 Å². The van der Waals surface area contributed by atoms with Gasteiger partial charge in [0.05, 0.1) is 7.11 Å². The standard InChI is InChI=1S/C12H14O3/c1-3-9(13)11-7-8-5-4-6-10(14-2)12(8)15-11/h4-7,9,13H,3H2,1-2H3. The molecule has 0 radical (unpaired) electrons. The zero-order valence-electron chi connectivity index (χ0n) is 8.86. The third kappa shape index (κ3) is 1.70. The van der Waals surface area contributed by atoms with E-state index in [0.29, 0.717) is 23.5 Å². The maximum atomic E-state index is 9.66. The summed E-state index contributed by atoms with van der Waals surface area (Å²) in [6.45, 7) is 1.91. The van der Waals surface area contributed by atoms with Crippen LogP contribution < -0.4 is 4.74 Å². The van der Waals surface area contributed by atoms with Crippen molar-refractivity contribution in [3.05, 3.63) is 30.0 Å². The lowest BCUT2D eigenvalue weighted by molar-refractivity contribution is 0.148. The molecule has 0 amide bonds. The van der Waals surface area contributed by atoms with Gasteiger partial charge < -0.3 is 14.3 Å². The quantitative estimate of drug-likeness (QED) is 0.839. The fourth-order valence-corrected chi connectivity index (χ4v) is 1.58. The molecule has 0 bridgehead atoms. The number of aliphatic hydroxyl groups excluding tert-OH is 1. The summed E-state index contributed by atoms with van der Waals surface area (Å²) in [4.78, 5) is 0. The summed E-state index contributed by atoms with van der Waals surface area (Å²) in [7, 11) is 1.60. The lowest BCUT2D eigenvalue weighted by Crippen LogP contribution is -1.91. The maximum Gasteiger partial charge on any atom is 0.176 e. The van der Waals surface area contributed by atoms with Gasteiger partial charge in [-0.25, -0.2) is 0 Å². The molecule has 1 atom stereocenters. The molecule has 2 rings (SSSR count). The molecule has 2 aromatic rings. The van der Waals surface area contributed by atoms with Crippen molar-refractivity contribution in [2.75, 3.05) is 7.11 Å². The van der Waals surface area contributed by atoms with Crippen LogP contribution in [-0.2, 0) is 0 Å². The highest BCUT2D eigenvalue weighted by atomic mass is 16.5. The molecule has 1 heterocycles. The van der Waals surface area contributed by atoms with Crippen molar-refractivity contribution in [2.24, 2.45) is 0 Å². The van der Waals surface area contributed by atoms with Crippen molar-refractivity contribution in [3.8, 4) is 5.75 Å². The van der Waals surface area contributed by atoms with E-state index in [-0.39, 0.29) is 0 Å². The molecule has 0 aliphatic carbocycles. The van der Waals surface area contributed by atoms with Crippen LogP contribution in [0, 0.1) is 0 Å². The Morgan fingerprint density at radius 2 is 2.27 bits per heavy atom. The molecule has 0 aliphatic rings. The average molecular weight is 206 g/mol. The Hall–Kier alpha value is -1.48. The SMILES string of the molecule is CCC(O)c1cc2cccc(OC)c2o1. The number of fused-ring (bicyclic) bond motifs is 1. The van der Waals surface area contributed by atoms with E-state index in [0.717, 1.165) is 5.39 Å². The molecular weight excluding hydrogens is 192 g/mol. The van der Waals surface area contributed by atoms with E-state index in [4.69, 9.17) is 9.15 Å². The average Bonchev–Trinajstić information content (AvgIpc) is 2.71. The molecule has 15 heavy (non-hydrogen) atoms. The summed E-state index contributed by atoms with van der Waals surface area (Å²) >= 11 is 0. The van der Waals surface area contributed by atoms with Crippen LogP contribution in [-0.4, -0.2) is 12.2 Å². The second kappa shape index (κ2) is 3.95. The highest BCUT2D eigenvalue weighted by molar-refractivity contribution is 5.83. The van der Waals surface area contributed by atoms with Crippen molar-refractivity contribution in [1.29, 1.82) is 0 Å². The van der Waals surface area contributed by atoms with E-state index in [1.807, 2.05) is 31.2 Å². The lowest BCUT2D eigenvalue weighted by Gasteiger charge is -2.02. The van der Waals surface area contributed by atoms with Crippen molar-refractivity contribution in [1.82, 2.24) is 0 Å². The smallest absolute Gasteiger partial charge is 0.176 e. The molecule has 3 heteroatoms. The highest BCUT2D eigenvalue weighted by Gasteiger charge is 2.13. The Kier molecular flexibility index (Phi) is 2.64. The third-order valence-corrected chi connectivity index (χ3v) is 2.46. The predicted molar refractivity (Wildman–Crippen MR) is 58.0 cm³/mol. The zero-order valence-corrected chi connectivity index (χ0v) is 8.86. The van der Waals surface area contributed by atoms with Gasteiger partial charge in [0, 0.05) is 5.39 Å². The first kappa shape index (κ1) is 10.1. The van der Waals surface area contributed by atoms with Crippen LogP contribution in [0.25, 0.3) is 11.0 Å². The summed E-state index contributed by atoms with van der Waals surface area (Å²) in [5.74, 6) is 1.29. The molecule has 0 spiro atoms. The number of benzene rings is 1. The summed E-state index contributed by atoms with van der Waals surface area (Å²) in [6.07, 6.45) is 0.101. The number of hydrogen-bond donors (Lipinski definition) is 1. The monoisotopic (exact) mass is 206 g/mol. The Bertz CT molecular complexity index is 459. The zero-order chi connectivity index (χ0) is 10.8. The van der Waals surface area contributed by atoms with Gasteiger partial charge in [-0.15, -0.1) is 0 Å². The first-order chi connectivity index (χ1) is 7.26. The van der Waals surface area contributed by atoms with Crippen molar-refractivity contribution in [3.63, 3.8) is 0 Å². The first-order valence-electron chi connectivity index (χ1n) is 5.00. The van der Waals surface area contributed by atoms with E-state index in [1.54, 1.807) is 7.11 Å². The van der Waals surface area contributed by atoms with Crippen molar-refractivity contribution >= 4 is 11.0 Å². The fraction of sp³-hybridized carbons (Fsp3) is 0.333. The van der Waals surface area contributed by atoms with Gasteiger partial charge in [0.2, 0.25) is 0 Å². The first-order valence-corrected chi connectivity index (χ1v) is 5.00. The van der Waals surface area contributed by atoms with Gasteiger partial charge in [0.15, 0.2) is 11.3 Å². The molecular formula is C12H14O3. The van der Waals surface area contributed by atoms with Gasteiger partial charge in [0.1, 0.15) is 11.9 Å². The van der Waals surface area contributed by atoms with Crippen LogP contribution in [0.1, 0.15) is 25.2 Å².